The lowest BCUT2D eigenvalue weighted by molar-refractivity contribution is -0.138. The highest BCUT2D eigenvalue weighted by molar-refractivity contribution is 9.10. The Morgan fingerprint density at radius 2 is 2.05 bits per heavy atom. The number of carbonyl (C=O) groups is 1. The van der Waals surface area contributed by atoms with Crippen LogP contribution in [0.1, 0.15) is 18.4 Å². The molecule has 0 saturated carbocycles. The van der Waals surface area contributed by atoms with Crippen molar-refractivity contribution >= 4 is 21.9 Å². The van der Waals surface area contributed by atoms with Crippen molar-refractivity contribution in [3.8, 4) is 0 Å². The van der Waals surface area contributed by atoms with Gasteiger partial charge < -0.3 is 5.11 Å². The maximum absolute atomic E-state index is 14.0. The molecular weight excluding hydrogens is 358 g/mol. The number of likely N-dealkylation sites (tertiary alicyclic amines) is 1. The number of aliphatic carboxylic acids is 1. The van der Waals surface area contributed by atoms with Crippen LogP contribution in [0.5, 0.6) is 0 Å². The molecule has 0 unspecified atom stereocenters. The molecule has 4 nitrogen and oxygen atoms in total. The fraction of sp³-hybridized carbons (Fsp3) is 0.533. The molecule has 0 spiro atoms. The maximum Gasteiger partial charge on any atom is 0.317 e. The highest BCUT2D eigenvalue weighted by Gasteiger charge is 2.25. The SMILES string of the molecule is CN(CC(=O)O)C1CCN(Cc2c(F)ccc(Br)c2F)CC1. The molecule has 1 fully saturated rings. The Hall–Kier alpha value is -1.05. The van der Waals surface area contributed by atoms with Crippen molar-refractivity contribution in [2.45, 2.75) is 25.4 Å². The summed E-state index contributed by atoms with van der Waals surface area (Å²) in [5.41, 5.74) is 0.0757. The summed E-state index contributed by atoms with van der Waals surface area (Å²) in [4.78, 5) is 14.5. The molecule has 7 heteroatoms. The predicted molar refractivity (Wildman–Crippen MR) is 82.6 cm³/mol. The van der Waals surface area contributed by atoms with Gasteiger partial charge in [0.1, 0.15) is 11.6 Å². The largest absolute Gasteiger partial charge is 0.480 e. The van der Waals surface area contributed by atoms with Gasteiger partial charge in [0.25, 0.3) is 0 Å². The van der Waals surface area contributed by atoms with E-state index in [9.17, 15) is 13.6 Å². The van der Waals surface area contributed by atoms with Gasteiger partial charge in [-0.3, -0.25) is 14.6 Å². The van der Waals surface area contributed by atoms with Gasteiger partial charge >= 0.3 is 5.97 Å². The Morgan fingerprint density at radius 3 is 2.64 bits per heavy atom. The summed E-state index contributed by atoms with van der Waals surface area (Å²) in [5.74, 6) is -1.93. The molecule has 0 radical (unpaired) electrons. The lowest BCUT2D eigenvalue weighted by Crippen LogP contribution is -2.44. The summed E-state index contributed by atoms with van der Waals surface area (Å²) in [7, 11) is 1.79. The van der Waals surface area contributed by atoms with Gasteiger partial charge in [-0.1, -0.05) is 0 Å². The topological polar surface area (TPSA) is 43.8 Å². The number of hydrogen-bond donors (Lipinski definition) is 1. The molecule has 0 amide bonds. The minimum absolute atomic E-state index is 0.0134. The first-order chi connectivity index (χ1) is 10.4. The van der Waals surface area contributed by atoms with E-state index in [0.717, 1.165) is 12.8 Å². The van der Waals surface area contributed by atoms with Gasteiger partial charge in [0.15, 0.2) is 0 Å². The van der Waals surface area contributed by atoms with Crippen LogP contribution in [0.25, 0.3) is 0 Å². The standard InChI is InChI=1S/C15H19BrF2N2O2/c1-19(9-14(21)22)10-4-6-20(7-5-10)8-11-13(17)3-2-12(16)15(11)18/h2-3,10H,4-9H2,1H3,(H,21,22). The molecule has 22 heavy (non-hydrogen) atoms. The van der Waals surface area contributed by atoms with Crippen molar-refractivity contribution in [2.24, 2.45) is 0 Å². The summed E-state index contributed by atoms with van der Waals surface area (Å²) >= 11 is 3.07. The Bertz CT molecular complexity index is 549. The molecule has 1 saturated heterocycles. The third-order valence-corrected chi connectivity index (χ3v) is 4.70. The van der Waals surface area contributed by atoms with Crippen LogP contribution in [0.15, 0.2) is 16.6 Å². The number of nitrogens with zero attached hydrogens (tertiary/aromatic N) is 2. The minimum Gasteiger partial charge on any atom is -0.480 e. The van der Waals surface area contributed by atoms with Crippen molar-refractivity contribution in [3.63, 3.8) is 0 Å². The number of carboxylic acids is 1. The van der Waals surface area contributed by atoms with E-state index >= 15 is 0 Å². The van der Waals surface area contributed by atoms with E-state index in [1.807, 2.05) is 9.80 Å². The number of likely N-dealkylation sites (N-methyl/N-ethyl adjacent to an activating group) is 1. The van der Waals surface area contributed by atoms with E-state index in [2.05, 4.69) is 15.9 Å². The molecule has 0 atom stereocenters. The Morgan fingerprint density at radius 1 is 1.41 bits per heavy atom. The normalized spacial score (nSPS) is 17.1. The van der Waals surface area contributed by atoms with Crippen LogP contribution in [0.3, 0.4) is 0 Å². The number of hydrogen-bond acceptors (Lipinski definition) is 3. The van der Waals surface area contributed by atoms with Gasteiger partial charge in [0, 0.05) is 18.2 Å². The fourth-order valence-electron chi connectivity index (χ4n) is 2.80. The first-order valence-corrected chi connectivity index (χ1v) is 7.94. The molecule has 0 aliphatic carbocycles. The van der Waals surface area contributed by atoms with E-state index in [1.54, 1.807) is 7.05 Å². The molecule has 1 heterocycles. The van der Waals surface area contributed by atoms with Crippen LogP contribution >= 0.6 is 15.9 Å². The molecule has 0 aromatic heterocycles. The fourth-order valence-corrected chi connectivity index (χ4v) is 3.17. The molecule has 122 valence electrons. The average molecular weight is 377 g/mol. The number of halogens is 3. The van der Waals surface area contributed by atoms with Crippen molar-refractivity contribution in [3.05, 3.63) is 33.8 Å². The van der Waals surface area contributed by atoms with Crippen LogP contribution < -0.4 is 0 Å². The second kappa shape index (κ2) is 7.48. The molecular formula is C15H19BrF2N2O2. The van der Waals surface area contributed by atoms with Gasteiger partial charge in [-0.25, -0.2) is 8.78 Å². The van der Waals surface area contributed by atoms with Crippen LogP contribution in [-0.2, 0) is 11.3 Å². The number of rotatable bonds is 5. The Labute approximate surface area is 136 Å². The molecule has 2 rings (SSSR count). The Balaban J connectivity index is 1.93. The zero-order chi connectivity index (χ0) is 16.3. The highest BCUT2D eigenvalue weighted by Crippen LogP contribution is 2.24. The molecule has 1 aliphatic heterocycles. The highest BCUT2D eigenvalue weighted by atomic mass is 79.9. The average Bonchev–Trinajstić information content (AvgIpc) is 2.47. The van der Waals surface area contributed by atoms with Crippen molar-refractivity contribution in [2.75, 3.05) is 26.7 Å². The van der Waals surface area contributed by atoms with Crippen LogP contribution in [0.4, 0.5) is 8.78 Å². The zero-order valence-corrected chi connectivity index (χ0v) is 13.9. The van der Waals surface area contributed by atoms with Crippen molar-refractivity contribution in [1.82, 2.24) is 9.80 Å². The molecule has 1 aromatic rings. The van der Waals surface area contributed by atoms with E-state index in [0.29, 0.717) is 13.1 Å². The smallest absolute Gasteiger partial charge is 0.317 e. The van der Waals surface area contributed by atoms with E-state index < -0.39 is 17.6 Å². The summed E-state index contributed by atoms with van der Waals surface area (Å²) < 4.78 is 28.0. The number of piperidine rings is 1. The van der Waals surface area contributed by atoms with Crippen molar-refractivity contribution < 1.29 is 18.7 Å². The van der Waals surface area contributed by atoms with Crippen LogP contribution in [0, 0.1) is 11.6 Å². The molecule has 1 aromatic carbocycles. The summed E-state index contributed by atoms with van der Waals surface area (Å²) in [6.45, 7) is 1.63. The molecule has 0 bridgehead atoms. The van der Waals surface area contributed by atoms with E-state index in [-0.39, 0.29) is 29.2 Å². The van der Waals surface area contributed by atoms with Gasteiger partial charge in [0.05, 0.1) is 11.0 Å². The third kappa shape index (κ3) is 4.24. The first-order valence-electron chi connectivity index (χ1n) is 7.15. The minimum atomic E-state index is -0.844. The monoisotopic (exact) mass is 376 g/mol. The van der Waals surface area contributed by atoms with Crippen LogP contribution in [0.2, 0.25) is 0 Å². The van der Waals surface area contributed by atoms with Gasteiger partial charge in [-0.05, 0) is 61.0 Å². The summed E-state index contributed by atoms with van der Waals surface area (Å²) in [6, 6.07) is 2.82. The van der Waals surface area contributed by atoms with Gasteiger partial charge in [0.2, 0.25) is 0 Å². The summed E-state index contributed by atoms with van der Waals surface area (Å²) in [5, 5.41) is 8.81. The quantitative estimate of drug-likeness (QED) is 0.802. The van der Waals surface area contributed by atoms with Gasteiger partial charge in [-0.15, -0.1) is 0 Å². The number of benzene rings is 1. The molecule has 1 N–H and O–H groups in total. The second-order valence-electron chi connectivity index (χ2n) is 5.64. The van der Waals surface area contributed by atoms with Gasteiger partial charge in [-0.2, -0.15) is 0 Å². The zero-order valence-electron chi connectivity index (χ0n) is 12.4. The van der Waals surface area contributed by atoms with Crippen LogP contribution in [-0.4, -0.2) is 53.6 Å². The predicted octanol–water partition coefficient (Wildman–Crippen LogP) is 2.71. The van der Waals surface area contributed by atoms with E-state index in [4.69, 9.17) is 5.11 Å². The lowest BCUT2D eigenvalue weighted by Gasteiger charge is -2.36. The second-order valence-corrected chi connectivity index (χ2v) is 6.49. The maximum atomic E-state index is 14.0. The first kappa shape index (κ1) is 17.3. The lowest BCUT2D eigenvalue weighted by atomic mass is 10.0. The Kier molecular flexibility index (Phi) is 5.88. The molecule has 1 aliphatic rings. The summed E-state index contributed by atoms with van der Waals surface area (Å²) in [6.07, 6.45) is 1.59. The number of carboxylic acid groups (broad SMARTS) is 1. The third-order valence-electron chi connectivity index (χ3n) is 4.09. The van der Waals surface area contributed by atoms with E-state index in [1.165, 1.54) is 12.1 Å². The van der Waals surface area contributed by atoms with Crippen molar-refractivity contribution in [1.29, 1.82) is 0 Å².